The summed E-state index contributed by atoms with van der Waals surface area (Å²) < 4.78 is 19.4. The van der Waals surface area contributed by atoms with E-state index in [0.717, 1.165) is 18.4 Å². The first-order chi connectivity index (χ1) is 15.6. The van der Waals surface area contributed by atoms with Crippen LogP contribution in [0.15, 0.2) is 0 Å². The van der Waals surface area contributed by atoms with E-state index >= 15 is 0 Å². The van der Waals surface area contributed by atoms with Crippen LogP contribution in [0.25, 0.3) is 0 Å². The zero-order chi connectivity index (χ0) is 24.9. The standard InChI is InChI=1S/C21H24N2O9S/c1-7-31-19(26)13-9(2)15(22-11(13)4)20(27)32-8-12(24)23-17-14(18(25)29-5)10(3)16(33-17)21(28)30-6/h22H,7-8H2,1-6H3,(H,23,24). The van der Waals surface area contributed by atoms with Crippen molar-refractivity contribution in [2.45, 2.75) is 27.7 Å². The lowest BCUT2D eigenvalue weighted by molar-refractivity contribution is -0.119. The lowest BCUT2D eigenvalue weighted by Gasteiger charge is -2.07. The van der Waals surface area contributed by atoms with Crippen LogP contribution in [-0.4, -0.2) is 62.2 Å². The highest BCUT2D eigenvalue weighted by Crippen LogP contribution is 2.34. The van der Waals surface area contributed by atoms with Gasteiger partial charge in [0, 0.05) is 5.69 Å². The predicted molar refractivity (Wildman–Crippen MR) is 117 cm³/mol. The Balaban J connectivity index is 2.16. The average Bonchev–Trinajstić information content (AvgIpc) is 3.26. The molecule has 33 heavy (non-hydrogen) atoms. The molecule has 0 bridgehead atoms. The minimum Gasteiger partial charge on any atom is -0.465 e. The summed E-state index contributed by atoms with van der Waals surface area (Å²) in [6.07, 6.45) is 0. The van der Waals surface area contributed by atoms with Crippen LogP contribution in [0.5, 0.6) is 0 Å². The van der Waals surface area contributed by atoms with Gasteiger partial charge in [-0.3, -0.25) is 4.79 Å². The summed E-state index contributed by atoms with van der Waals surface area (Å²) >= 11 is 0.832. The Hall–Kier alpha value is -3.67. The molecule has 0 saturated carbocycles. The number of methoxy groups -OCH3 is 2. The zero-order valence-electron chi connectivity index (χ0n) is 19.0. The highest BCUT2D eigenvalue weighted by molar-refractivity contribution is 7.18. The molecule has 12 heteroatoms. The van der Waals surface area contributed by atoms with Crippen molar-refractivity contribution in [3.8, 4) is 0 Å². The molecule has 2 aromatic rings. The number of hydrogen-bond donors (Lipinski definition) is 2. The Labute approximate surface area is 193 Å². The molecule has 0 saturated heterocycles. The molecule has 0 fully saturated rings. The average molecular weight is 480 g/mol. The maximum atomic E-state index is 12.5. The summed E-state index contributed by atoms with van der Waals surface area (Å²) in [4.78, 5) is 63.9. The molecule has 0 unspecified atom stereocenters. The summed E-state index contributed by atoms with van der Waals surface area (Å²) in [7, 11) is 2.35. The van der Waals surface area contributed by atoms with Crippen LogP contribution >= 0.6 is 11.3 Å². The minimum absolute atomic E-state index is 0.00232. The fraction of sp³-hybridized carbons (Fsp3) is 0.381. The van der Waals surface area contributed by atoms with Crippen LogP contribution in [0, 0.1) is 20.8 Å². The van der Waals surface area contributed by atoms with Gasteiger partial charge in [-0.25, -0.2) is 19.2 Å². The lowest BCUT2D eigenvalue weighted by atomic mass is 10.1. The van der Waals surface area contributed by atoms with E-state index in [4.69, 9.17) is 14.2 Å². The van der Waals surface area contributed by atoms with Gasteiger partial charge in [-0.2, -0.15) is 0 Å². The Bertz CT molecular complexity index is 1110. The van der Waals surface area contributed by atoms with Crippen LogP contribution in [0.3, 0.4) is 0 Å². The molecule has 2 rings (SSSR count). The number of anilines is 1. The van der Waals surface area contributed by atoms with Crippen LogP contribution in [0.2, 0.25) is 0 Å². The third-order valence-corrected chi connectivity index (χ3v) is 5.80. The monoisotopic (exact) mass is 480 g/mol. The fourth-order valence-electron chi connectivity index (χ4n) is 3.07. The maximum Gasteiger partial charge on any atom is 0.355 e. The summed E-state index contributed by atoms with van der Waals surface area (Å²) in [5.41, 5.74) is 1.28. The number of esters is 4. The third-order valence-electron chi connectivity index (χ3n) is 4.62. The zero-order valence-corrected chi connectivity index (χ0v) is 19.8. The molecule has 0 radical (unpaired) electrons. The van der Waals surface area contributed by atoms with Gasteiger partial charge < -0.3 is 29.2 Å². The number of carbonyl (C=O) groups excluding carboxylic acids is 5. The Morgan fingerprint density at radius 3 is 2.06 bits per heavy atom. The second kappa shape index (κ2) is 10.8. The first-order valence-corrected chi connectivity index (χ1v) is 10.5. The van der Waals surface area contributed by atoms with E-state index in [0.29, 0.717) is 11.3 Å². The van der Waals surface area contributed by atoms with E-state index in [9.17, 15) is 24.0 Å². The first kappa shape index (κ1) is 25.6. The summed E-state index contributed by atoms with van der Waals surface area (Å²) in [6.45, 7) is 5.83. The van der Waals surface area contributed by atoms with Crippen molar-refractivity contribution in [3.05, 3.63) is 38.5 Å². The SMILES string of the molecule is CCOC(=O)c1c(C)[nH]c(C(=O)OCC(=O)Nc2sc(C(=O)OC)c(C)c2C(=O)OC)c1C. The number of aromatic amines is 1. The molecule has 11 nitrogen and oxygen atoms in total. The molecule has 0 aliphatic rings. The second-order valence-electron chi connectivity index (χ2n) is 6.71. The number of nitrogens with one attached hydrogen (secondary N) is 2. The quantitative estimate of drug-likeness (QED) is 0.429. The molecule has 0 aromatic carbocycles. The van der Waals surface area contributed by atoms with E-state index in [1.165, 1.54) is 14.0 Å². The smallest absolute Gasteiger partial charge is 0.355 e. The number of aromatic nitrogens is 1. The van der Waals surface area contributed by atoms with Crippen molar-refractivity contribution in [2.24, 2.45) is 0 Å². The first-order valence-electron chi connectivity index (χ1n) is 9.70. The number of rotatable bonds is 8. The largest absolute Gasteiger partial charge is 0.465 e. The molecule has 2 N–H and O–H groups in total. The molecule has 0 aliphatic heterocycles. The van der Waals surface area contributed by atoms with Crippen molar-refractivity contribution >= 4 is 46.1 Å². The van der Waals surface area contributed by atoms with Crippen molar-refractivity contribution in [1.82, 2.24) is 4.98 Å². The molecular weight excluding hydrogens is 456 g/mol. The van der Waals surface area contributed by atoms with Gasteiger partial charge in [0.2, 0.25) is 0 Å². The predicted octanol–water partition coefficient (Wildman–Crippen LogP) is 2.55. The molecule has 1 amide bonds. The number of thiophene rings is 1. The number of ether oxygens (including phenoxy) is 4. The number of carbonyl (C=O) groups is 5. The summed E-state index contributed by atoms with van der Waals surface area (Å²) in [5, 5.41) is 2.50. The topological polar surface area (TPSA) is 150 Å². The van der Waals surface area contributed by atoms with E-state index in [1.807, 2.05) is 0 Å². The number of H-pyrrole nitrogens is 1. The van der Waals surface area contributed by atoms with Gasteiger partial charge in [0.15, 0.2) is 6.61 Å². The lowest BCUT2D eigenvalue weighted by Crippen LogP contribution is -2.22. The van der Waals surface area contributed by atoms with Gasteiger partial charge in [0.05, 0.1) is 32.0 Å². The van der Waals surface area contributed by atoms with Gasteiger partial charge in [-0.05, 0) is 38.8 Å². The number of amides is 1. The van der Waals surface area contributed by atoms with E-state index < -0.39 is 36.4 Å². The van der Waals surface area contributed by atoms with Gasteiger partial charge in [0.1, 0.15) is 15.6 Å². The van der Waals surface area contributed by atoms with Gasteiger partial charge >= 0.3 is 23.9 Å². The second-order valence-corrected chi connectivity index (χ2v) is 7.73. The maximum absolute atomic E-state index is 12.5. The van der Waals surface area contributed by atoms with Gasteiger partial charge in [-0.15, -0.1) is 11.3 Å². The normalized spacial score (nSPS) is 10.4. The summed E-state index contributed by atoms with van der Waals surface area (Å²) in [6, 6.07) is 0. The molecule has 0 spiro atoms. The van der Waals surface area contributed by atoms with Gasteiger partial charge in [-0.1, -0.05) is 0 Å². The third kappa shape index (κ3) is 5.40. The molecule has 2 aromatic heterocycles. The minimum atomic E-state index is -0.855. The highest BCUT2D eigenvalue weighted by Gasteiger charge is 2.28. The van der Waals surface area contributed by atoms with E-state index in [-0.39, 0.29) is 38.9 Å². The molecule has 0 atom stereocenters. The Morgan fingerprint density at radius 2 is 1.48 bits per heavy atom. The highest BCUT2D eigenvalue weighted by atomic mass is 32.1. The summed E-state index contributed by atoms with van der Waals surface area (Å²) in [5.74, 6) is -3.62. The molecule has 2 heterocycles. The Kier molecular flexibility index (Phi) is 8.35. The van der Waals surface area contributed by atoms with E-state index in [1.54, 1.807) is 20.8 Å². The van der Waals surface area contributed by atoms with Crippen molar-refractivity contribution in [1.29, 1.82) is 0 Å². The van der Waals surface area contributed by atoms with Crippen molar-refractivity contribution < 1.29 is 42.9 Å². The fourth-order valence-corrected chi connectivity index (χ4v) is 4.20. The molecular formula is C21H24N2O9S. The van der Waals surface area contributed by atoms with Crippen LogP contribution < -0.4 is 5.32 Å². The van der Waals surface area contributed by atoms with Crippen LogP contribution in [-0.2, 0) is 23.7 Å². The van der Waals surface area contributed by atoms with Crippen molar-refractivity contribution in [3.63, 3.8) is 0 Å². The van der Waals surface area contributed by atoms with Crippen LogP contribution in [0.4, 0.5) is 5.00 Å². The van der Waals surface area contributed by atoms with Crippen LogP contribution in [0.1, 0.15) is 64.6 Å². The number of aryl methyl sites for hydroxylation is 1. The van der Waals surface area contributed by atoms with Gasteiger partial charge in [0.25, 0.3) is 5.91 Å². The number of hydrogen-bond acceptors (Lipinski definition) is 10. The Morgan fingerprint density at radius 1 is 0.848 bits per heavy atom. The molecule has 0 aliphatic carbocycles. The van der Waals surface area contributed by atoms with E-state index in [2.05, 4.69) is 15.0 Å². The van der Waals surface area contributed by atoms with Crippen molar-refractivity contribution in [2.75, 3.05) is 32.8 Å². The molecule has 178 valence electrons.